The number of esters is 1. The Hall–Kier alpha value is -3.32. The van der Waals surface area contributed by atoms with E-state index in [0.29, 0.717) is 34.4 Å². The molecule has 0 spiro atoms. The molecule has 1 heterocycles. The van der Waals surface area contributed by atoms with Crippen molar-refractivity contribution in [2.24, 2.45) is 0 Å². The summed E-state index contributed by atoms with van der Waals surface area (Å²) in [5.41, 5.74) is 1.21. The van der Waals surface area contributed by atoms with Gasteiger partial charge in [-0.05, 0) is 54.4 Å². The molecule has 0 atom stereocenters. The van der Waals surface area contributed by atoms with Crippen LogP contribution in [0.5, 0.6) is 0 Å². The van der Waals surface area contributed by atoms with E-state index in [-0.39, 0.29) is 11.5 Å². The first-order valence-corrected chi connectivity index (χ1v) is 11.7. The first-order chi connectivity index (χ1) is 14.9. The highest BCUT2D eigenvalue weighted by atomic mass is 32.2. The summed E-state index contributed by atoms with van der Waals surface area (Å²) in [6.45, 7) is 3.97. The van der Waals surface area contributed by atoms with Crippen molar-refractivity contribution in [2.75, 3.05) is 11.3 Å². The van der Waals surface area contributed by atoms with Crippen molar-refractivity contribution in [3.8, 4) is 0 Å². The standard InChI is InChI=1S/C24H23NO5S/c1-3-7-22-23(24(26)29-4-2)20-15-18(11-13-21(20)30-22)25-31(27,28)19-12-10-16-8-5-6-9-17(16)14-19/h5-6,8-15,25H,3-4,7H2,1-2H3. The SMILES string of the molecule is CCCc1oc2ccc(NS(=O)(=O)c3ccc4ccccc4c3)cc2c1C(=O)OCC. The number of hydrogen-bond acceptors (Lipinski definition) is 5. The third-order valence-corrected chi connectivity index (χ3v) is 6.38. The maximum absolute atomic E-state index is 13.0. The average molecular weight is 438 g/mol. The number of ether oxygens (including phenoxy) is 1. The molecule has 31 heavy (non-hydrogen) atoms. The van der Waals surface area contributed by atoms with Gasteiger partial charge in [-0.15, -0.1) is 0 Å². The molecule has 0 aliphatic heterocycles. The predicted octanol–water partition coefficient (Wildman–Crippen LogP) is 5.52. The van der Waals surface area contributed by atoms with Crippen molar-refractivity contribution in [1.82, 2.24) is 0 Å². The van der Waals surface area contributed by atoms with E-state index in [2.05, 4.69) is 4.72 Å². The van der Waals surface area contributed by atoms with E-state index in [1.54, 1.807) is 43.3 Å². The number of fused-ring (bicyclic) bond motifs is 2. The Morgan fingerprint density at radius 3 is 2.52 bits per heavy atom. The van der Waals surface area contributed by atoms with Gasteiger partial charge in [-0.2, -0.15) is 0 Å². The second kappa shape index (κ2) is 8.43. The molecule has 0 aliphatic carbocycles. The number of anilines is 1. The summed E-state index contributed by atoms with van der Waals surface area (Å²) < 4.78 is 39.6. The highest BCUT2D eigenvalue weighted by Gasteiger charge is 2.23. The van der Waals surface area contributed by atoms with Gasteiger partial charge >= 0.3 is 5.97 Å². The molecule has 0 saturated carbocycles. The minimum atomic E-state index is -3.82. The number of furan rings is 1. The van der Waals surface area contributed by atoms with Crippen molar-refractivity contribution in [2.45, 2.75) is 31.6 Å². The molecule has 0 bridgehead atoms. The monoisotopic (exact) mass is 437 g/mol. The van der Waals surface area contributed by atoms with Gasteiger partial charge in [0.05, 0.1) is 11.5 Å². The highest BCUT2D eigenvalue weighted by Crippen LogP contribution is 2.31. The van der Waals surface area contributed by atoms with Gasteiger partial charge in [-0.3, -0.25) is 4.72 Å². The Kier molecular flexibility index (Phi) is 5.69. The molecule has 160 valence electrons. The number of nitrogens with one attached hydrogen (secondary N) is 1. The van der Waals surface area contributed by atoms with Crippen LogP contribution < -0.4 is 4.72 Å². The fourth-order valence-corrected chi connectivity index (χ4v) is 4.68. The number of rotatable bonds is 7. The molecule has 1 aromatic heterocycles. The smallest absolute Gasteiger partial charge is 0.342 e. The normalized spacial score (nSPS) is 11.7. The number of carbonyl (C=O) groups excluding carboxylic acids is 1. The Labute approximate surface area is 180 Å². The van der Waals surface area contributed by atoms with Crippen LogP contribution in [0, 0.1) is 0 Å². The fraction of sp³-hybridized carbons (Fsp3) is 0.208. The molecule has 4 rings (SSSR count). The van der Waals surface area contributed by atoms with E-state index in [9.17, 15) is 13.2 Å². The number of sulfonamides is 1. The molecule has 1 N–H and O–H groups in total. The number of benzene rings is 3. The molecule has 0 radical (unpaired) electrons. The lowest BCUT2D eigenvalue weighted by molar-refractivity contribution is 0.0526. The van der Waals surface area contributed by atoms with Crippen molar-refractivity contribution < 1.29 is 22.4 Å². The zero-order valence-electron chi connectivity index (χ0n) is 17.3. The van der Waals surface area contributed by atoms with E-state index < -0.39 is 16.0 Å². The maximum atomic E-state index is 13.0. The van der Waals surface area contributed by atoms with E-state index in [4.69, 9.17) is 9.15 Å². The summed E-state index contributed by atoms with van der Waals surface area (Å²) in [7, 11) is -3.82. The molecule has 0 saturated heterocycles. The summed E-state index contributed by atoms with van der Waals surface area (Å²) in [6.07, 6.45) is 1.38. The lowest BCUT2D eigenvalue weighted by Gasteiger charge is -2.09. The minimum Gasteiger partial charge on any atom is -0.462 e. The Bertz CT molecular complexity index is 1370. The minimum absolute atomic E-state index is 0.163. The van der Waals surface area contributed by atoms with Crippen molar-refractivity contribution in [3.63, 3.8) is 0 Å². The quantitative estimate of drug-likeness (QED) is 0.385. The number of carbonyl (C=O) groups is 1. The lowest BCUT2D eigenvalue weighted by atomic mass is 10.1. The highest BCUT2D eigenvalue weighted by molar-refractivity contribution is 7.92. The third kappa shape index (κ3) is 4.14. The van der Waals surface area contributed by atoms with E-state index >= 15 is 0 Å². The maximum Gasteiger partial charge on any atom is 0.342 e. The fourth-order valence-electron chi connectivity index (χ4n) is 3.59. The molecular formula is C24H23NO5S. The summed E-state index contributed by atoms with van der Waals surface area (Å²) in [4.78, 5) is 12.7. The number of hydrogen-bond donors (Lipinski definition) is 1. The number of aryl methyl sites for hydroxylation is 1. The van der Waals surface area contributed by atoms with Crippen LogP contribution in [0.3, 0.4) is 0 Å². The Balaban J connectivity index is 1.73. The molecular weight excluding hydrogens is 414 g/mol. The average Bonchev–Trinajstić information content (AvgIpc) is 3.11. The van der Waals surface area contributed by atoms with Crippen LogP contribution in [0.4, 0.5) is 5.69 Å². The molecule has 3 aromatic carbocycles. The molecule has 0 amide bonds. The molecule has 0 fully saturated rings. The van der Waals surface area contributed by atoms with Gasteiger partial charge in [0.1, 0.15) is 16.9 Å². The molecule has 0 aliphatic rings. The van der Waals surface area contributed by atoms with Crippen LogP contribution in [0.25, 0.3) is 21.7 Å². The molecule has 7 heteroatoms. The molecule has 6 nitrogen and oxygen atoms in total. The van der Waals surface area contributed by atoms with Crippen LogP contribution in [-0.2, 0) is 21.2 Å². The van der Waals surface area contributed by atoms with Gasteiger partial charge in [0, 0.05) is 17.5 Å². The second-order valence-electron chi connectivity index (χ2n) is 7.20. The zero-order chi connectivity index (χ0) is 22.0. The van der Waals surface area contributed by atoms with Crippen LogP contribution >= 0.6 is 0 Å². The summed E-state index contributed by atoms with van der Waals surface area (Å²) >= 11 is 0. The van der Waals surface area contributed by atoms with E-state index in [1.807, 2.05) is 31.2 Å². The van der Waals surface area contributed by atoms with E-state index in [0.717, 1.165) is 17.2 Å². The molecule has 4 aromatic rings. The van der Waals surface area contributed by atoms with Crippen molar-refractivity contribution in [3.05, 3.63) is 72.0 Å². The van der Waals surface area contributed by atoms with Gasteiger partial charge in [0.15, 0.2) is 0 Å². The summed E-state index contributed by atoms with van der Waals surface area (Å²) in [6, 6.07) is 17.4. The van der Waals surface area contributed by atoms with Gasteiger partial charge in [0.25, 0.3) is 10.0 Å². The summed E-state index contributed by atoms with van der Waals surface area (Å²) in [5, 5.41) is 2.33. The van der Waals surface area contributed by atoms with Crippen LogP contribution in [-0.4, -0.2) is 21.0 Å². The van der Waals surface area contributed by atoms with Gasteiger partial charge in [-0.1, -0.05) is 37.3 Å². The topological polar surface area (TPSA) is 85.6 Å². The lowest BCUT2D eigenvalue weighted by Crippen LogP contribution is -2.13. The first kappa shape index (κ1) is 20.9. The van der Waals surface area contributed by atoms with Crippen LogP contribution in [0.15, 0.2) is 70.0 Å². The summed E-state index contributed by atoms with van der Waals surface area (Å²) in [5.74, 6) is 0.0738. The third-order valence-electron chi connectivity index (χ3n) is 5.00. The largest absolute Gasteiger partial charge is 0.462 e. The zero-order valence-corrected chi connectivity index (χ0v) is 18.2. The Morgan fingerprint density at radius 1 is 1.00 bits per heavy atom. The van der Waals surface area contributed by atoms with Gasteiger partial charge < -0.3 is 9.15 Å². The second-order valence-corrected chi connectivity index (χ2v) is 8.88. The van der Waals surface area contributed by atoms with Crippen molar-refractivity contribution in [1.29, 1.82) is 0 Å². The van der Waals surface area contributed by atoms with Gasteiger partial charge in [0.2, 0.25) is 0 Å². The first-order valence-electron chi connectivity index (χ1n) is 10.2. The molecule has 0 unspecified atom stereocenters. The predicted molar refractivity (Wildman–Crippen MR) is 121 cm³/mol. The van der Waals surface area contributed by atoms with Crippen molar-refractivity contribution >= 4 is 43.4 Å². The van der Waals surface area contributed by atoms with Gasteiger partial charge in [-0.25, -0.2) is 13.2 Å². The van der Waals surface area contributed by atoms with Crippen LogP contribution in [0.1, 0.15) is 36.4 Å². The Morgan fingerprint density at radius 2 is 1.77 bits per heavy atom. The van der Waals surface area contributed by atoms with Crippen LogP contribution in [0.2, 0.25) is 0 Å². The van der Waals surface area contributed by atoms with E-state index in [1.165, 1.54) is 0 Å².